The number of nitrogens with zero attached hydrogens (tertiary/aromatic N) is 2. The average Bonchev–Trinajstić information content (AvgIpc) is 3.14. The van der Waals surface area contributed by atoms with E-state index in [0.29, 0.717) is 0 Å². The molecule has 1 aromatic heterocycles. The van der Waals surface area contributed by atoms with E-state index in [2.05, 4.69) is 70.9 Å². The van der Waals surface area contributed by atoms with Crippen molar-refractivity contribution in [3.63, 3.8) is 0 Å². The Hall–Kier alpha value is -0.870. The SMILES string of the molecule is CN=C(NCC1(NC(C)c2ccccc2)CCOCC1)N(C)Cc1ccc(Cl)s1.I. The Kier molecular flexibility index (Phi) is 10.4. The molecule has 2 aromatic rings. The van der Waals surface area contributed by atoms with Gasteiger partial charge in [-0.3, -0.25) is 4.99 Å². The standard InChI is InChI=1S/C22H31ClN4OS.HI/c1-17(18-7-5-4-6-8-18)26-22(11-13-28-14-12-22)16-25-21(24-2)27(3)15-19-9-10-20(23)29-19;/h4-10,17,26H,11-16H2,1-3H3,(H,24,25);1H. The Bertz CT molecular complexity index is 795. The number of halogens is 2. The molecule has 1 aliphatic rings. The molecule has 2 heterocycles. The van der Waals surface area contributed by atoms with Gasteiger partial charge in [-0.1, -0.05) is 41.9 Å². The third-order valence-electron chi connectivity index (χ3n) is 5.45. The highest BCUT2D eigenvalue weighted by molar-refractivity contribution is 14.0. The molecule has 166 valence electrons. The first-order valence-electron chi connectivity index (χ1n) is 10.1. The topological polar surface area (TPSA) is 48.9 Å². The first-order valence-corrected chi connectivity index (χ1v) is 11.3. The number of ether oxygens (including phenoxy) is 1. The van der Waals surface area contributed by atoms with E-state index in [-0.39, 0.29) is 35.6 Å². The van der Waals surface area contributed by atoms with Crippen LogP contribution in [0.3, 0.4) is 0 Å². The van der Waals surface area contributed by atoms with E-state index < -0.39 is 0 Å². The minimum atomic E-state index is -0.0312. The van der Waals surface area contributed by atoms with Gasteiger partial charge in [-0.2, -0.15) is 0 Å². The molecule has 0 amide bonds. The zero-order valence-electron chi connectivity index (χ0n) is 17.9. The Morgan fingerprint density at radius 1 is 1.23 bits per heavy atom. The third-order valence-corrected chi connectivity index (χ3v) is 6.67. The fourth-order valence-corrected chi connectivity index (χ4v) is 4.94. The van der Waals surface area contributed by atoms with E-state index in [4.69, 9.17) is 16.3 Å². The van der Waals surface area contributed by atoms with Gasteiger partial charge >= 0.3 is 0 Å². The predicted octanol–water partition coefficient (Wildman–Crippen LogP) is 4.93. The van der Waals surface area contributed by atoms with E-state index in [1.54, 1.807) is 11.3 Å². The largest absolute Gasteiger partial charge is 0.381 e. The van der Waals surface area contributed by atoms with Crippen LogP contribution in [0.5, 0.6) is 0 Å². The maximum Gasteiger partial charge on any atom is 0.193 e. The molecule has 1 fully saturated rings. The molecular formula is C22H32ClIN4OS. The van der Waals surface area contributed by atoms with Crippen molar-refractivity contribution < 1.29 is 4.74 Å². The third kappa shape index (κ3) is 7.09. The van der Waals surface area contributed by atoms with Gasteiger partial charge in [0.15, 0.2) is 5.96 Å². The van der Waals surface area contributed by atoms with Crippen molar-refractivity contribution in [2.45, 2.75) is 37.9 Å². The van der Waals surface area contributed by atoms with Crippen LogP contribution >= 0.6 is 46.9 Å². The molecule has 0 radical (unpaired) electrons. The van der Waals surface area contributed by atoms with Gasteiger partial charge in [-0.15, -0.1) is 35.3 Å². The first-order chi connectivity index (χ1) is 14.0. The molecule has 1 saturated heterocycles. The van der Waals surface area contributed by atoms with Crippen LogP contribution in [-0.4, -0.2) is 50.3 Å². The smallest absolute Gasteiger partial charge is 0.193 e. The number of guanidine groups is 1. The summed E-state index contributed by atoms with van der Waals surface area (Å²) in [5.41, 5.74) is 1.27. The summed E-state index contributed by atoms with van der Waals surface area (Å²) in [5, 5.41) is 7.48. The molecule has 3 rings (SSSR count). The first kappa shape index (κ1) is 25.4. The van der Waals surface area contributed by atoms with Gasteiger partial charge in [0.2, 0.25) is 0 Å². The van der Waals surface area contributed by atoms with Crippen LogP contribution in [-0.2, 0) is 11.3 Å². The van der Waals surface area contributed by atoms with Crippen LogP contribution < -0.4 is 10.6 Å². The van der Waals surface area contributed by atoms with Crippen molar-refractivity contribution in [1.29, 1.82) is 0 Å². The summed E-state index contributed by atoms with van der Waals surface area (Å²) < 4.78 is 6.47. The van der Waals surface area contributed by atoms with Gasteiger partial charge in [0, 0.05) is 50.3 Å². The monoisotopic (exact) mass is 562 g/mol. The number of benzene rings is 1. The van der Waals surface area contributed by atoms with E-state index in [9.17, 15) is 0 Å². The summed E-state index contributed by atoms with van der Waals surface area (Å²) in [4.78, 5) is 7.84. The molecular weight excluding hydrogens is 531 g/mol. The van der Waals surface area contributed by atoms with Gasteiger partial charge in [-0.25, -0.2) is 0 Å². The van der Waals surface area contributed by atoms with Crippen molar-refractivity contribution in [3.8, 4) is 0 Å². The fraction of sp³-hybridized carbons (Fsp3) is 0.500. The highest BCUT2D eigenvalue weighted by atomic mass is 127. The summed E-state index contributed by atoms with van der Waals surface area (Å²) in [6.07, 6.45) is 1.94. The fourth-order valence-electron chi connectivity index (χ4n) is 3.80. The van der Waals surface area contributed by atoms with Crippen LogP contribution in [0.2, 0.25) is 4.34 Å². The number of thiophene rings is 1. The molecule has 2 N–H and O–H groups in total. The summed E-state index contributed by atoms with van der Waals surface area (Å²) >= 11 is 7.68. The molecule has 1 atom stereocenters. The lowest BCUT2D eigenvalue weighted by molar-refractivity contribution is 0.0353. The highest BCUT2D eigenvalue weighted by Gasteiger charge is 2.34. The lowest BCUT2D eigenvalue weighted by Gasteiger charge is -2.41. The Labute approximate surface area is 206 Å². The number of rotatable bonds is 7. The van der Waals surface area contributed by atoms with Crippen molar-refractivity contribution in [1.82, 2.24) is 15.5 Å². The molecule has 0 bridgehead atoms. The summed E-state index contributed by atoms with van der Waals surface area (Å²) in [7, 11) is 3.89. The quantitative estimate of drug-likeness (QED) is 0.286. The van der Waals surface area contributed by atoms with Crippen LogP contribution in [0.4, 0.5) is 0 Å². The maximum atomic E-state index is 6.07. The number of aliphatic imine (C=N–C) groups is 1. The summed E-state index contributed by atoms with van der Waals surface area (Å²) in [5.74, 6) is 0.884. The molecule has 30 heavy (non-hydrogen) atoms. The molecule has 0 saturated carbocycles. The van der Waals surface area contributed by atoms with E-state index >= 15 is 0 Å². The van der Waals surface area contributed by atoms with Crippen LogP contribution in [0.1, 0.15) is 36.2 Å². The van der Waals surface area contributed by atoms with Gasteiger partial charge in [0.1, 0.15) is 0 Å². The second kappa shape index (κ2) is 12.2. The van der Waals surface area contributed by atoms with Gasteiger partial charge in [-0.05, 0) is 37.5 Å². The lowest BCUT2D eigenvalue weighted by Crippen LogP contribution is -2.58. The summed E-state index contributed by atoms with van der Waals surface area (Å²) in [6.45, 7) is 5.36. The van der Waals surface area contributed by atoms with Gasteiger partial charge < -0.3 is 20.3 Å². The van der Waals surface area contributed by atoms with Crippen molar-refractivity contribution in [3.05, 3.63) is 57.2 Å². The van der Waals surface area contributed by atoms with Crippen molar-refractivity contribution >= 4 is 52.9 Å². The average molecular weight is 563 g/mol. The number of nitrogens with one attached hydrogen (secondary N) is 2. The Morgan fingerprint density at radius 2 is 1.93 bits per heavy atom. The van der Waals surface area contributed by atoms with Crippen LogP contribution in [0, 0.1) is 0 Å². The van der Waals surface area contributed by atoms with E-state index in [1.807, 2.05) is 13.1 Å². The highest BCUT2D eigenvalue weighted by Crippen LogP contribution is 2.25. The van der Waals surface area contributed by atoms with Gasteiger partial charge in [0.25, 0.3) is 0 Å². The zero-order valence-corrected chi connectivity index (χ0v) is 21.8. The summed E-state index contributed by atoms with van der Waals surface area (Å²) in [6, 6.07) is 14.9. The van der Waals surface area contributed by atoms with Crippen molar-refractivity contribution in [2.75, 3.05) is 33.9 Å². The molecule has 1 aromatic carbocycles. The molecule has 1 unspecified atom stereocenters. The molecule has 0 aliphatic carbocycles. The lowest BCUT2D eigenvalue weighted by atomic mass is 9.88. The molecule has 0 spiro atoms. The van der Waals surface area contributed by atoms with E-state index in [1.165, 1.54) is 10.4 Å². The van der Waals surface area contributed by atoms with Crippen LogP contribution in [0.15, 0.2) is 47.5 Å². The van der Waals surface area contributed by atoms with Gasteiger partial charge in [0.05, 0.1) is 10.9 Å². The zero-order chi connectivity index (χ0) is 20.7. The minimum Gasteiger partial charge on any atom is -0.381 e. The molecule has 5 nitrogen and oxygen atoms in total. The number of hydrogen-bond donors (Lipinski definition) is 2. The minimum absolute atomic E-state index is 0. The van der Waals surface area contributed by atoms with Crippen molar-refractivity contribution in [2.24, 2.45) is 4.99 Å². The second-order valence-electron chi connectivity index (χ2n) is 7.63. The Balaban J connectivity index is 0.00000320. The maximum absolute atomic E-state index is 6.07. The normalized spacial score (nSPS) is 17.1. The Morgan fingerprint density at radius 3 is 2.53 bits per heavy atom. The number of hydrogen-bond acceptors (Lipinski definition) is 4. The van der Waals surface area contributed by atoms with E-state index in [0.717, 1.165) is 49.4 Å². The molecule has 8 heteroatoms. The second-order valence-corrected chi connectivity index (χ2v) is 9.43. The molecule has 1 aliphatic heterocycles. The predicted molar refractivity (Wildman–Crippen MR) is 138 cm³/mol. The van der Waals surface area contributed by atoms with Crippen LogP contribution in [0.25, 0.3) is 0 Å².